The maximum absolute atomic E-state index is 8.86. The average molecular weight is 228 g/mol. The van der Waals surface area contributed by atoms with Crippen LogP contribution >= 0.6 is 12.2 Å². The normalized spacial score (nSPS) is 9.38. The maximum Gasteiger partial charge on any atom is 0.242 e. The standard InChI is InChI=1S/C9H4N6S/c10-4-6-1-2-8(3-7(6)5-11)15-9(16)12-13-14-15/h1-3H,(H,12,14,16). The molecule has 0 saturated heterocycles. The van der Waals surface area contributed by atoms with Gasteiger partial charge >= 0.3 is 0 Å². The van der Waals surface area contributed by atoms with Gasteiger partial charge < -0.3 is 0 Å². The van der Waals surface area contributed by atoms with Crippen LogP contribution in [0.15, 0.2) is 18.2 Å². The Morgan fingerprint density at radius 2 is 2.00 bits per heavy atom. The molecule has 1 N–H and O–H groups in total. The van der Waals surface area contributed by atoms with E-state index < -0.39 is 0 Å². The molecule has 0 saturated carbocycles. The lowest BCUT2D eigenvalue weighted by molar-refractivity contribution is 0.785. The van der Waals surface area contributed by atoms with Gasteiger partial charge in [-0.15, -0.1) is 0 Å². The lowest BCUT2D eigenvalue weighted by Crippen LogP contribution is -1.98. The number of nitrogens with zero attached hydrogens (tertiary/aromatic N) is 5. The lowest BCUT2D eigenvalue weighted by atomic mass is 10.1. The fraction of sp³-hybridized carbons (Fsp3) is 0. The zero-order valence-corrected chi connectivity index (χ0v) is 8.69. The van der Waals surface area contributed by atoms with E-state index in [0.717, 1.165) is 0 Å². The molecule has 1 aromatic heterocycles. The second-order valence-electron chi connectivity index (χ2n) is 2.87. The summed E-state index contributed by atoms with van der Waals surface area (Å²) in [5, 5.41) is 27.3. The summed E-state index contributed by atoms with van der Waals surface area (Å²) in [7, 11) is 0. The van der Waals surface area contributed by atoms with Crippen LogP contribution in [0.2, 0.25) is 0 Å². The highest BCUT2D eigenvalue weighted by Crippen LogP contribution is 2.13. The second-order valence-corrected chi connectivity index (χ2v) is 3.24. The van der Waals surface area contributed by atoms with E-state index >= 15 is 0 Å². The van der Waals surface area contributed by atoms with Gasteiger partial charge in [0.15, 0.2) is 0 Å². The Balaban J connectivity index is 2.63. The molecular formula is C9H4N6S. The molecule has 0 amide bonds. The monoisotopic (exact) mass is 228 g/mol. The summed E-state index contributed by atoms with van der Waals surface area (Å²) in [6.45, 7) is 0. The van der Waals surface area contributed by atoms with Crippen molar-refractivity contribution in [2.45, 2.75) is 0 Å². The van der Waals surface area contributed by atoms with Gasteiger partial charge in [-0.05, 0) is 30.4 Å². The molecule has 2 aromatic rings. The fourth-order valence-electron chi connectivity index (χ4n) is 1.23. The Labute approximate surface area is 95.3 Å². The third-order valence-electron chi connectivity index (χ3n) is 1.97. The Morgan fingerprint density at radius 3 is 2.56 bits per heavy atom. The Hall–Kier alpha value is -2.51. The Bertz CT molecular complexity index is 668. The first-order chi connectivity index (χ1) is 7.76. The molecular weight excluding hydrogens is 224 g/mol. The number of aromatic nitrogens is 4. The van der Waals surface area contributed by atoms with Gasteiger partial charge in [0.05, 0.1) is 16.8 Å². The molecule has 0 bridgehead atoms. The molecule has 0 spiro atoms. The molecule has 0 radical (unpaired) electrons. The minimum absolute atomic E-state index is 0.258. The molecule has 0 aliphatic rings. The molecule has 16 heavy (non-hydrogen) atoms. The van der Waals surface area contributed by atoms with E-state index in [4.69, 9.17) is 22.7 Å². The Kier molecular flexibility index (Phi) is 2.46. The van der Waals surface area contributed by atoms with Crippen LogP contribution in [0.4, 0.5) is 0 Å². The quantitative estimate of drug-likeness (QED) is 0.736. The van der Waals surface area contributed by atoms with Gasteiger partial charge in [0.25, 0.3) is 0 Å². The number of nitriles is 2. The van der Waals surface area contributed by atoms with Gasteiger partial charge in [-0.25, -0.2) is 4.68 Å². The Morgan fingerprint density at radius 1 is 1.25 bits per heavy atom. The molecule has 0 fully saturated rings. The highest BCUT2D eigenvalue weighted by molar-refractivity contribution is 7.71. The van der Waals surface area contributed by atoms with Crippen LogP contribution in [0.3, 0.4) is 0 Å². The molecule has 76 valence electrons. The van der Waals surface area contributed by atoms with Gasteiger partial charge in [-0.3, -0.25) is 0 Å². The number of aromatic amines is 1. The fourth-order valence-corrected chi connectivity index (χ4v) is 1.41. The second kappa shape index (κ2) is 3.93. The van der Waals surface area contributed by atoms with Gasteiger partial charge in [0.2, 0.25) is 4.77 Å². The highest BCUT2D eigenvalue weighted by atomic mass is 32.1. The van der Waals surface area contributed by atoms with Crippen molar-refractivity contribution in [3.63, 3.8) is 0 Å². The zero-order chi connectivity index (χ0) is 11.5. The first-order valence-electron chi connectivity index (χ1n) is 4.21. The number of H-pyrrole nitrogens is 1. The minimum Gasteiger partial charge on any atom is -0.210 e. The van der Waals surface area contributed by atoms with Gasteiger partial charge in [0, 0.05) is 0 Å². The van der Waals surface area contributed by atoms with Crippen molar-refractivity contribution in [2.24, 2.45) is 0 Å². The van der Waals surface area contributed by atoms with Crippen LogP contribution < -0.4 is 0 Å². The summed E-state index contributed by atoms with van der Waals surface area (Å²) in [6, 6.07) is 8.64. The van der Waals surface area contributed by atoms with Crippen LogP contribution in [-0.4, -0.2) is 20.2 Å². The van der Waals surface area contributed by atoms with Gasteiger partial charge in [0.1, 0.15) is 12.1 Å². The van der Waals surface area contributed by atoms with Crippen molar-refractivity contribution in [1.29, 1.82) is 10.5 Å². The van der Waals surface area contributed by atoms with Crippen molar-refractivity contribution in [2.75, 3.05) is 0 Å². The largest absolute Gasteiger partial charge is 0.242 e. The number of rotatable bonds is 1. The summed E-state index contributed by atoms with van der Waals surface area (Å²) in [5.41, 5.74) is 1.23. The maximum atomic E-state index is 8.86. The SMILES string of the molecule is N#Cc1ccc(-n2[nH]nnc2=S)cc1C#N. The van der Waals surface area contributed by atoms with Crippen molar-refractivity contribution >= 4 is 12.2 Å². The number of benzene rings is 1. The van der Waals surface area contributed by atoms with E-state index in [1.54, 1.807) is 18.2 Å². The van der Waals surface area contributed by atoms with Gasteiger partial charge in [-0.1, -0.05) is 10.3 Å². The smallest absolute Gasteiger partial charge is 0.210 e. The number of tetrazole rings is 1. The summed E-state index contributed by atoms with van der Waals surface area (Å²) >= 11 is 4.92. The molecule has 7 heteroatoms. The third kappa shape index (κ3) is 1.56. The number of nitrogens with one attached hydrogen (secondary N) is 1. The number of hydrogen-bond acceptors (Lipinski definition) is 5. The molecule has 0 unspecified atom stereocenters. The van der Waals surface area contributed by atoms with Crippen molar-refractivity contribution < 1.29 is 0 Å². The van der Waals surface area contributed by atoms with E-state index in [2.05, 4.69) is 15.5 Å². The van der Waals surface area contributed by atoms with Crippen LogP contribution in [0.5, 0.6) is 0 Å². The lowest BCUT2D eigenvalue weighted by Gasteiger charge is -2.01. The van der Waals surface area contributed by atoms with Crippen LogP contribution in [-0.2, 0) is 0 Å². The van der Waals surface area contributed by atoms with Crippen molar-refractivity contribution in [3.8, 4) is 17.8 Å². The first kappa shape index (κ1) is 10.0. The average Bonchev–Trinajstić information content (AvgIpc) is 2.74. The molecule has 0 atom stereocenters. The van der Waals surface area contributed by atoms with E-state index in [0.29, 0.717) is 11.3 Å². The summed E-state index contributed by atoms with van der Waals surface area (Å²) in [6.07, 6.45) is 0. The molecule has 1 aromatic carbocycles. The van der Waals surface area contributed by atoms with E-state index in [9.17, 15) is 0 Å². The minimum atomic E-state index is 0.258. The third-order valence-corrected chi connectivity index (χ3v) is 2.24. The van der Waals surface area contributed by atoms with E-state index in [1.807, 2.05) is 12.1 Å². The van der Waals surface area contributed by atoms with Crippen LogP contribution in [0, 0.1) is 27.4 Å². The van der Waals surface area contributed by atoms with Crippen LogP contribution in [0.25, 0.3) is 5.69 Å². The highest BCUT2D eigenvalue weighted by Gasteiger charge is 2.05. The molecule has 6 nitrogen and oxygen atoms in total. The predicted molar refractivity (Wildman–Crippen MR) is 56.0 cm³/mol. The van der Waals surface area contributed by atoms with E-state index in [1.165, 1.54) is 4.68 Å². The summed E-state index contributed by atoms with van der Waals surface area (Å²) in [5.74, 6) is 0. The van der Waals surface area contributed by atoms with Crippen molar-refractivity contribution in [1.82, 2.24) is 20.2 Å². The predicted octanol–water partition coefficient (Wildman–Crippen LogP) is 1.07. The topological polar surface area (TPSA) is 94.1 Å². The summed E-state index contributed by atoms with van der Waals surface area (Å²) < 4.78 is 1.70. The number of hydrogen-bond donors (Lipinski definition) is 1. The van der Waals surface area contributed by atoms with Crippen LogP contribution in [0.1, 0.15) is 11.1 Å². The van der Waals surface area contributed by atoms with E-state index in [-0.39, 0.29) is 10.3 Å². The molecule has 1 heterocycles. The molecule has 0 aliphatic carbocycles. The first-order valence-corrected chi connectivity index (χ1v) is 4.62. The van der Waals surface area contributed by atoms with Crippen molar-refractivity contribution in [3.05, 3.63) is 34.1 Å². The zero-order valence-electron chi connectivity index (χ0n) is 7.88. The molecule has 0 aliphatic heterocycles. The summed E-state index contributed by atoms with van der Waals surface area (Å²) in [4.78, 5) is 0. The molecule has 2 rings (SSSR count). The van der Waals surface area contributed by atoms with Gasteiger partial charge in [-0.2, -0.15) is 15.7 Å².